The third-order valence-electron chi connectivity index (χ3n) is 8.21. The van der Waals surface area contributed by atoms with Crippen LogP contribution in [0.25, 0.3) is 0 Å². The molecule has 2 fully saturated rings. The first-order valence-electron chi connectivity index (χ1n) is 15.2. The van der Waals surface area contributed by atoms with Crippen LogP contribution in [0.4, 0.5) is 4.79 Å². The Bertz CT molecular complexity index is 1160. The summed E-state index contributed by atoms with van der Waals surface area (Å²) in [6.07, 6.45) is 2.85. The molecule has 2 aromatic carbocycles. The molecule has 230 valence electrons. The minimum Gasteiger partial charge on any atom is -0.493 e. The lowest BCUT2D eigenvalue weighted by Crippen LogP contribution is -2.47. The van der Waals surface area contributed by atoms with E-state index >= 15 is 0 Å². The number of methoxy groups -OCH3 is 2. The zero-order valence-electron chi connectivity index (χ0n) is 25.9. The van der Waals surface area contributed by atoms with Gasteiger partial charge in [-0.05, 0) is 62.3 Å². The predicted octanol–water partition coefficient (Wildman–Crippen LogP) is 4.51. The largest absolute Gasteiger partial charge is 0.493 e. The number of ether oxygens (including phenoxy) is 3. The molecule has 1 saturated carbocycles. The molecule has 2 aromatic rings. The molecule has 1 aliphatic carbocycles. The zero-order chi connectivity index (χ0) is 30.1. The summed E-state index contributed by atoms with van der Waals surface area (Å²) in [4.78, 5) is 33.3. The van der Waals surface area contributed by atoms with Gasteiger partial charge < -0.3 is 34.2 Å². The van der Waals surface area contributed by atoms with Gasteiger partial charge in [-0.15, -0.1) is 0 Å². The van der Waals surface area contributed by atoms with Crippen molar-refractivity contribution in [2.75, 3.05) is 60.7 Å². The molecule has 2 aliphatic rings. The van der Waals surface area contributed by atoms with E-state index in [-0.39, 0.29) is 29.8 Å². The smallest absolute Gasteiger partial charge is 0.320 e. The quantitative estimate of drug-likeness (QED) is 0.312. The second-order valence-corrected chi connectivity index (χ2v) is 11.8. The maximum absolute atomic E-state index is 13.8. The molecule has 9 heteroatoms. The van der Waals surface area contributed by atoms with Crippen molar-refractivity contribution >= 4 is 11.9 Å². The number of rotatable bonds is 15. The van der Waals surface area contributed by atoms with Gasteiger partial charge in [0.15, 0.2) is 11.5 Å². The fourth-order valence-electron chi connectivity index (χ4n) is 5.64. The molecule has 1 N–H and O–H groups in total. The normalized spacial score (nSPS) is 18.1. The summed E-state index contributed by atoms with van der Waals surface area (Å²) in [6.45, 7) is 8.76. The number of carbonyl (C=O) groups excluding carboxylic acids is 2. The maximum atomic E-state index is 13.8. The van der Waals surface area contributed by atoms with Crippen LogP contribution in [-0.4, -0.2) is 99.4 Å². The Balaban J connectivity index is 1.42. The maximum Gasteiger partial charge on any atom is 0.320 e. The number of hydrogen-bond acceptors (Lipinski definition) is 6. The Kier molecular flexibility index (Phi) is 11.5. The zero-order valence-corrected chi connectivity index (χ0v) is 25.9. The summed E-state index contributed by atoms with van der Waals surface area (Å²) in [5, 5.41) is 3.54. The number of carbonyl (C=O) groups is 2. The summed E-state index contributed by atoms with van der Waals surface area (Å²) >= 11 is 0. The number of amides is 3. The van der Waals surface area contributed by atoms with Crippen LogP contribution >= 0.6 is 0 Å². The van der Waals surface area contributed by atoms with Gasteiger partial charge in [0.05, 0.1) is 13.7 Å². The van der Waals surface area contributed by atoms with E-state index < -0.39 is 0 Å². The Labute approximate surface area is 251 Å². The highest BCUT2D eigenvalue weighted by Gasteiger charge is 2.39. The van der Waals surface area contributed by atoms with Crippen molar-refractivity contribution in [3.05, 3.63) is 59.7 Å². The van der Waals surface area contributed by atoms with E-state index in [4.69, 9.17) is 14.2 Å². The van der Waals surface area contributed by atoms with Gasteiger partial charge in [-0.25, -0.2) is 4.79 Å². The third kappa shape index (κ3) is 8.38. The summed E-state index contributed by atoms with van der Waals surface area (Å²) in [6, 6.07) is 15.9. The first-order valence-corrected chi connectivity index (χ1v) is 15.2. The Morgan fingerprint density at radius 1 is 0.952 bits per heavy atom. The number of benzene rings is 2. The van der Waals surface area contributed by atoms with E-state index in [1.54, 1.807) is 32.4 Å². The van der Waals surface area contributed by atoms with E-state index in [1.807, 2.05) is 35.0 Å². The van der Waals surface area contributed by atoms with Gasteiger partial charge in [-0.1, -0.05) is 30.3 Å². The molecule has 2 atom stereocenters. The second kappa shape index (κ2) is 15.3. The minimum atomic E-state index is -0.0298. The van der Waals surface area contributed by atoms with Crippen molar-refractivity contribution < 1.29 is 23.8 Å². The van der Waals surface area contributed by atoms with Crippen LogP contribution < -0.4 is 14.8 Å². The van der Waals surface area contributed by atoms with Crippen molar-refractivity contribution in [3.8, 4) is 11.5 Å². The number of urea groups is 1. The summed E-state index contributed by atoms with van der Waals surface area (Å²) < 4.78 is 16.5. The van der Waals surface area contributed by atoms with Crippen LogP contribution in [0.15, 0.2) is 48.5 Å². The molecule has 3 amide bonds. The fourth-order valence-corrected chi connectivity index (χ4v) is 5.64. The van der Waals surface area contributed by atoms with E-state index in [0.29, 0.717) is 56.0 Å². The molecule has 1 aliphatic heterocycles. The molecule has 0 bridgehead atoms. The lowest BCUT2D eigenvalue weighted by molar-refractivity contribution is 0.0650. The lowest BCUT2D eigenvalue weighted by atomic mass is 9.94. The molecular formula is C33H48N4O5. The van der Waals surface area contributed by atoms with Crippen LogP contribution in [-0.2, 0) is 11.3 Å². The Morgan fingerprint density at radius 3 is 2.31 bits per heavy atom. The van der Waals surface area contributed by atoms with Crippen molar-refractivity contribution in [1.29, 1.82) is 0 Å². The molecule has 1 heterocycles. The highest BCUT2D eigenvalue weighted by atomic mass is 16.5. The second-order valence-electron chi connectivity index (χ2n) is 11.8. The van der Waals surface area contributed by atoms with Crippen molar-refractivity contribution in [2.24, 2.45) is 11.8 Å². The molecule has 0 aromatic heterocycles. The molecule has 0 radical (unpaired) electrons. The van der Waals surface area contributed by atoms with Crippen LogP contribution in [0.3, 0.4) is 0 Å². The Morgan fingerprint density at radius 2 is 1.67 bits per heavy atom. The monoisotopic (exact) mass is 580 g/mol. The molecule has 9 nitrogen and oxygen atoms in total. The first kappa shape index (κ1) is 31.6. The minimum absolute atomic E-state index is 0.0186. The van der Waals surface area contributed by atoms with Crippen LogP contribution in [0.2, 0.25) is 0 Å². The number of nitrogens with one attached hydrogen (secondary N) is 1. The van der Waals surface area contributed by atoms with Crippen molar-refractivity contribution in [2.45, 2.75) is 51.7 Å². The average Bonchev–Trinajstić information content (AvgIpc) is 3.75. The number of hydrogen-bond donors (Lipinski definition) is 1. The molecule has 42 heavy (non-hydrogen) atoms. The van der Waals surface area contributed by atoms with Gasteiger partial charge in [-0.2, -0.15) is 0 Å². The molecule has 2 unspecified atom stereocenters. The van der Waals surface area contributed by atoms with Gasteiger partial charge in [0.1, 0.15) is 0 Å². The Hall–Kier alpha value is -3.30. The lowest BCUT2D eigenvalue weighted by Gasteiger charge is -2.35. The van der Waals surface area contributed by atoms with E-state index in [9.17, 15) is 9.59 Å². The van der Waals surface area contributed by atoms with E-state index in [1.165, 1.54) is 0 Å². The topological polar surface area (TPSA) is 83.6 Å². The van der Waals surface area contributed by atoms with Crippen molar-refractivity contribution in [3.63, 3.8) is 0 Å². The fraction of sp³-hybridized carbons (Fsp3) is 0.576. The summed E-state index contributed by atoms with van der Waals surface area (Å²) in [5.74, 6) is 1.64. The molecule has 1 saturated heterocycles. The third-order valence-corrected chi connectivity index (χ3v) is 8.21. The first-order chi connectivity index (χ1) is 20.3. The van der Waals surface area contributed by atoms with Gasteiger partial charge in [0.2, 0.25) is 0 Å². The van der Waals surface area contributed by atoms with Gasteiger partial charge in [0, 0.05) is 77.6 Å². The molecule has 4 rings (SSSR count). The highest BCUT2D eigenvalue weighted by molar-refractivity contribution is 5.95. The van der Waals surface area contributed by atoms with Gasteiger partial charge >= 0.3 is 6.03 Å². The molecular weight excluding hydrogens is 532 g/mol. The van der Waals surface area contributed by atoms with Crippen LogP contribution in [0.5, 0.6) is 11.5 Å². The standard InChI is InChI=1S/C33H48N4O5/c1-24(2)36(32(38)26-12-15-30(41-5)31(18-26)42-17-9-16-40-4)22-27-19-34-20-28(27)23-37(29-13-14-29)33(39)35(3)21-25-10-7-6-8-11-25/h6-8,10-12,15,18,24,27-29,34H,9,13-14,16-17,19-23H2,1-5H3. The number of nitrogens with zero attached hydrogens (tertiary/aromatic N) is 3. The summed E-state index contributed by atoms with van der Waals surface area (Å²) in [7, 11) is 5.15. The van der Waals surface area contributed by atoms with Gasteiger partial charge in [-0.3, -0.25) is 4.79 Å². The summed E-state index contributed by atoms with van der Waals surface area (Å²) in [5.41, 5.74) is 1.70. The SMILES string of the molecule is COCCCOc1cc(C(=O)N(CC2CNCC2CN(C(=O)N(C)Cc2ccccc2)C2CC2)C(C)C)ccc1OC. The van der Waals surface area contributed by atoms with Gasteiger partial charge in [0.25, 0.3) is 5.91 Å². The average molecular weight is 581 g/mol. The van der Waals surface area contributed by atoms with Crippen LogP contribution in [0, 0.1) is 11.8 Å². The van der Waals surface area contributed by atoms with E-state index in [0.717, 1.165) is 37.9 Å². The predicted molar refractivity (Wildman–Crippen MR) is 164 cm³/mol. The molecule has 0 spiro atoms. The van der Waals surface area contributed by atoms with E-state index in [2.05, 4.69) is 36.2 Å². The van der Waals surface area contributed by atoms with Crippen LogP contribution in [0.1, 0.15) is 49.0 Å². The highest BCUT2D eigenvalue weighted by Crippen LogP contribution is 2.32. The van der Waals surface area contributed by atoms with Crippen molar-refractivity contribution in [1.82, 2.24) is 20.0 Å².